The summed E-state index contributed by atoms with van der Waals surface area (Å²) >= 11 is 17.2. The zero-order valence-corrected chi connectivity index (χ0v) is 20.9. The normalized spacial score (nSPS) is 13.6. The zero-order chi connectivity index (χ0) is 24.9. The third-order valence-electron chi connectivity index (χ3n) is 5.32. The van der Waals surface area contributed by atoms with Crippen molar-refractivity contribution in [1.82, 2.24) is 16.3 Å². The van der Waals surface area contributed by atoms with Gasteiger partial charge in [-0.15, -0.1) is 0 Å². The molecule has 1 aliphatic carbocycles. The van der Waals surface area contributed by atoms with Crippen LogP contribution >= 0.6 is 35.4 Å². The van der Waals surface area contributed by atoms with E-state index in [-0.39, 0.29) is 16.3 Å². The third-order valence-corrected chi connectivity index (χ3v) is 6.06. The molecular formula is C24H21Cl2N5O3S. The van der Waals surface area contributed by atoms with Crippen molar-refractivity contribution in [2.45, 2.75) is 26.2 Å². The highest BCUT2D eigenvalue weighted by molar-refractivity contribution is 7.80. The van der Waals surface area contributed by atoms with Crippen LogP contribution < -0.4 is 21.6 Å². The van der Waals surface area contributed by atoms with E-state index < -0.39 is 11.8 Å². The highest BCUT2D eigenvalue weighted by Gasteiger charge is 2.28. The summed E-state index contributed by atoms with van der Waals surface area (Å²) in [6, 6.07) is 14.0. The second-order valence-electron chi connectivity index (χ2n) is 7.73. The van der Waals surface area contributed by atoms with Gasteiger partial charge < -0.3 is 9.73 Å². The van der Waals surface area contributed by atoms with E-state index in [9.17, 15) is 9.59 Å². The van der Waals surface area contributed by atoms with E-state index in [1.54, 1.807) is 6.92 Å². The summed E-state index contributed by atoms with van der Waals surface area (Å²) in [6.07, 6.45) is 2.18. The molecule has 0 atom stereocenters. The predicted octanol–water partition coefficient (Wildman–Crippen LogP) is 5.00. The SMILES string of the molecule is Cc1c(C(=O)NNC(=O)c2ccc(Cl)cc2Cl)oc2c1/C(=N/NC(=S)Nc1ccccc1)CCC2. The van der Waals surface area contributed by atoms with E-state index in [1.807, 2.05) is 30.3 Å². The molecule has 1 heterocycles. The summed E-state index contributed by atoms with van der Waals surface area (Å²) < 4.78 is 5.84. The first-order valence-corrected chi connectivity index (χ1v) is 11.9. The predicted molar refractivity (Wildman–Crippen MR) is 140 cm³/mol. The van der Waals surface area contributed by atoms with Gasteiger partial charge in [0.1, 0.15) is 5.76 Å². The Morgan fingerprint density at radius 3 is 2.51 bits per heavy atom. The average molecular weight is 530 g/mol. The Morgan fingerprint density at radius 2 is 1.77 bits per heavy atom. The smallest absolute Gasteiger partial charge is 0.305 e. The van der Waals surface area contributed by atoms with Crippen LogP contribution in [0.2, 0.25) is 10.0 Å². The number of nitrogens with zero attached hydrogens (tertiary/aromatic N) is 1. The number of halogens is 2. The summed E-state index contributed by atoms with van der Waals surface area (Å²) in [5, 5.41) is 8.43. The lowest BCUT2D eigenvalue weighted by atomic mass is 9.93. The number of fused-ring (bicyclic) bond motifs is 1. The van der Waals surface area contributed by atoms with Crippen LogP contribution in [0.25, 0.3) is 0 Å². The van der Waals surface area contributed by atoms with Crippen LogP contribution in [0.1, 0.15) is 50.6 Å². The van der Waals surface area contributed by atoms with E-state index in [0.29, 0.717) is 34.3 Å². The minimum absolute atomic E-state index is 0.0945. The molecule has 0 saturated carbocycles. The molecule has 180 valence electrons. The summed E-state index contributed by atoms with van der Waals surface area (Å²) in [7, 11) is 0. The Kier molecular flexibility index (Phi) is 7.70. The van der Waals surface area contributed by atoms with Crippen LogP contribution in [-0.4, -0.2) is 22.6 Å². The standard InChI is InChI=1S/C24H21Cl2N5O3S/c1-13-20-18(28-31-24(35)27-15-6-3-2-4-7-15)8-5-9-19(20)34-21(13)23(33)30-29-22(32)16-11-10-14(25)12-17(16)26/h2-4,6-7,10-12H,5,8-9H2,1H3,(H,29,32)(H,30,33)(H2,27,31,35)/b28-18+. The molecule has 2 aromatic carbocycles. The lowest BCUT2D eigenvalue weighted by Gasteiger charge is -2.14. The van der Waals surface area contributed by atoms with Crippen LogP contribution in [0.5, 0.6) is 0 Å². The van der Waals surface area contributed by atoms with E-state index in [2.05, 4.69) is 26.7 Å². The van der Waals surface area contributed by atoms with Gasteiger partial charge in [-0.1, -0.05) is 41.4 Å². The first-order valence-electron chi connectivity index (χ1n) is 10.7. The van der Waals surface area contributed by atoms with Gasteiger partial charge in [-0.25, -0.2) is 0 Å². The maximum atomic E-state index is 12.8. The van der Waals surface area contributed by atoms with E-state index in [4.69, 9.17) is 39.8 Å². The van der Waals surface area contributed by atoms with Gasteiger partial charge in [-0.3, -0.25) is 25.9 Å². The number of furan rings is 1. The highest BCUT2D eigenvalue weighted by atomic mass is 35.5. The van der Waals surface area contributed by atoms with Gasteiger partial charge in [0.15, 0.2) is 10.9 Å². The molecule has 2 amide bonds. The fourth-order valence-corrected chi connectivity index (χ4v) is 4.36. The summed E-state index contributed by atoms with van der Waals surface area (Å²) in [4.78, 5) is 25.2. The second-order valence-corrected chi connectivity index (χ2v) is 8.98. The quantitative estimate of drug-likeness (QED) is 0.280. The number of thiocarbonyl (C=S) groups is 1. The number of aryl methyl sites for hydroxylation is 1. The molecule has 4 rings (SSSR count). The molecule has 8 nitrogen and oxygen atoms in total. The van der Waals surface area contributed by atoms with Crippen molar-refractivity contribution in [2.24, 2.45) is 5.10 Å². The van der Waals surface area contributed by atoms with Crippen LogP contribution in [0.4, 0.5) is 5.69 Å². The van der Waals surface area contributed by atoms with Crippen molar-refractivity contribution in [3.63, 3.8) is 0 Å². The summed E-state index contributed by atoms with van der Waals surface area (Å²) in [6.45, 7) is 1.77. The first kappa shape index (κ1) is 24.7. The number of anilines is 1. The molecule has 1 aromatic heterocycles. The molecule has 11 heteroatoms. The number of rotatable bonds is 4. The van der Waals surface area contributed by atoms with Crippen molar-refractivity contribution < 1.29 is 14.0 Å². The lowest BCUT2D eigenvalue weighted by molar-refractivity contribution is 0.0829. The Bertz CT molecular complexity index is 1320. The number of amides is 2. The number of benzene rings is 2. The molecule has 0 bridgehead atoms. The maximum absolute atomic E-state index is 12.8. The Balaban J connectivity index is 1.44. The Hall–Kier alpha value is -3.40. The number of hydrazone groups is 1. The molecular weight excluding hydrogens is 509 g/mol. The van der Waals surface area contributed by atoms with Gasteiger partial charge in [0, 0.05) is 28.3 Å². The fraction of sp³-hybridized carbons (Fsp3) is 0.167. The fourth-order valence-electron chi connectivity index (χ4n) is 3.71. The Morgan fingerprint density at radius 1 is 1.03 bits per heavy atom. The summed E-state index contributed by atoms with van der Waals surface area (Å²) in [5.41, 5.74) is 10.7. The van der Waals surface area contributed by atoms with E-state index >= 15 is 0 Å². The van der Waals surface area contributed by atoms with Crippen LogP contribution in [-0.2, 0) is 6.42 Å². The lowest BCUT2D eigenvalue weighted by Crippen LogP contribution is -2.41. The molecule has 0 radical (unpaired) electrons. The van der Waals surface area contributed by atoms with Gasteiger partial charge in [0.25, 0.3) is 5.91 Å². The molecule has 0 aliphatic heterocycles. The Labute approximate surface area is 217 Å². The first-order chi connectivity index (χ1) is 16.8. The number of hydrazine groups is 1. The minimum atomic E-state index is -0.594. The molecule has 0 unspecified atom stereocenters. The van der Waals surface area contributed by atoms with E-state index in [0.717, 1.165) is 23.4 Å². The molecule has 35 heavy (non-hydrogen) atoms. The minimum Gasteiger partial charge on any atom is -0.455 e. The van der Waals surface area contributed by atoms with Gasteiger partial charge in [-0.05, 0) is 62.3 Å². The maximum Gasteiger partial charge on any atom is 0.305 e. The van der Waals surface area contributed by atoms with Crippen LogP contribution in [0, 0.1) is 6.92 Å². The number of hydrogen-bond donors (Lipinski definition) is 4. The summed E-state index contributed by atoms with van der Waals surface area (Å²) in [5.74, 6) is -0.422. The zero-order valence-electron chi connectivity index (χ0n) is 18.6. The number of para-hydroxylation sites is 1. The van der Waals surface area contributed by atoms with Crippen molar-refractivity contribution in [2.75, 3.05) is 5.32 Å². The molecule has 0 fully saturated rings. The van der Waals surface area contributed by atoms with Crippen molar-refractivity contribution in [3.05, 3.63) is 86.8 Å². The average Bonchev–Trinajstić information content (AvgIpc) is 3.19. The van der Waals surface area contributed by atoms with Crippen molar-refractivity contribution in [3.8, 4) is 0 Å². The van der Waals surface area contributed by atoms with Gasteiger partial charge in [0.05, 0.1) is 16.3 Å². The highest BCUT2D eigenvalue weighted by Crippen LogP contribution is 2.30. The molecule has 3 aromatic rings. The molecule has 4 N–H and O–H groups in total. The number of carbonyl (C=O) groups is 2. The van der Waals surface area contributed by atoms with Crippen molar-refractivity contribution in [1.29, 1.82) is 0 Å². The van der Waals surface area contributed by atoms with Gasteiger partial charge in [0.2, 0.25) is 0 Å². The van der Waals surface area contributed by atoms with Crippen LogP contribution in [0.3, 0.4) is 0 Å². The molecule has 0 saturated heterocycles. The third kappa shape index (κ3) is 5.82. The number of hydrogen-bond acceptors (Lipinski definition) is 5. The number of nitrogens with one attached hydrogen (secondary N) is 4. The largest absolute Gasteiger partial charge is 0.455 e. The van der Waals surface area contributed by atoms with E-state index in [1.165, 1.54) is 18.2 Å². The van der Waals surface area contributed by atoms with Crippen LogP contribution in [0.15, 0.2) is 58.0 Å². The molecule has 1 aliphatic rings. The van der Waals surface area contributed by atoms with Gasteiger partial charge >= 0.3 is 5.91 Å². The topological polar surface area (TPSA) is 108 Å². The molecule has 0 spiro atoms. The van der Waals surface area contributed by atoms with Gasteiger partial charge in [-0.2, -0.15) is 5.10 Å². The monoisotopic (exact) mass is 529 g/mol. The van der Waals surface area contributed by atoms with Crippen molar-refractivity contribution >= 4 is 63.7 Å². The second kappa shape index (κ2) is 10.9. The number of carbonyl (C=O) groups excluding carboxylic acids is 2.